The highest BCUT2D eigenvalue weighted by Gasteiger charge is 2.13. The van der Waals surface area contributed by atoms with Gasteiger partial charge in [0.1, 0.15) is 0 Å². The van der Waals surface area contributed by atoms with Crippen molar-refractivity contribution in [1.29, 1.82) is 0 Å². The summed E-state index contributed by atoms with van der Waals surface area (Å²) in [6, 6.07) is 3.71. The quantitative estimate of drug-likeness (QED) is 0.502. The molecule has 0 amide bonds. The zero-order chi connectivity index (χ0) is 10.0. The number of benzene rings is 1. The van der Waals surface area contributed by atoms with E-state index in [0.29, 0.717) is 5.56 Å². The first-order valence-electron chi connectivity index (χ1n) is 3.98. The van der Waals surface area contributed by atoms with Gasteiger partial charge in [0.2, 0.25) is 0 Å². The monoisotopic (exact) mass is 183 g/mol. The van der Waals surface area contributed by atoms with Crippen LogP contribution in [0.5, 0.6) is 11.5 Å². The zero-order valence-corrected chi connectivity index (χ0v) is 7.31. The van der Waals surface area contributed by atoms with Crippen molar-refractivity contribution in [1.82, 2.24) is 0 Å². The molecule has 13 heavy (non-hydrogen) atoms. The lowest BCUT2D eigenvalue weighted by Crippen LogP contribution is -2.24. The molecule has 1 rings (SSSR count). The van der Waals surface area contributed by atoms with Crippen molar-refractivity contribution < 1.29 is 15.3 Å². The third-order valence-corrected chi connectivity index (χ3v) is 1.84. The summed E-state index contributed by atoms with van der Waals surface area (Å²) < 4.78 is 0. The van der Waals surface area contributed by atoms with E-state index in [9.17, 15) is 5.11 Å². The molecule has 2 atom stereocenters. The minimum absolute atomic E-state index is 0.208. The van der Waals surface area contributed by atoms with E-state index in [4.69, 9.17) is 15.9 Å². The van der Waals surface area contributed by atoms with Crippen LogP contribution in [0.4, 0.5) is 0 Å². The molecule has 0 saturated heterocycles. The van der Waals surface area contributed by atoms with E-state index in [0.717, 1.165) is 0 Å². The van der Waals surface area contributed by atoms with Gasteiger partial charge in [0.15, 0.2) is 11.5 Å². The van der Waals surface area contributed by atoms with Crippen LogP contribution in [0.1, 0.15) is 18.6 Å². The number of nitrogens with two attached hydrogens (primary N) is 1. The lowest BCUT2D eigenvalue weighted by atomic mass is 10.0. The largest absolute Gasteiger partial charge is 0.504 e. The van der Waals surface area contributed by atoms with Crippen molar-refractivity contribution in [3.8, 4) is 11.5 Å². The van der Waals surface area contributed by atoms with Crippen LogP contribution in [-0.2, 0) is 0 Å². The van der Waals surface area contributed by atoms with Crippen LogP contribution in [-0.4, -0.2) is 21.4 Å². The van der Waals surface area contributed by atoms with Crippen LogP contribution in [0.25, 0.3) is 0 Å². The molecule has 0 spiro atoms. The van der Waals surface area contributed by atoms with Crippen molar-refractivity contribution in [2.24, 2.45) is 5.73 Å². The fourth-order valence-corrected chi connectivity index (χ4v) is 1.03. The van der Waals surface area contributed by atoms with E-state index in [-0.39, 0.29) is 11.5 Å². The summed E-state index contributed by atoms with van der Waals surface area (Å²) in [6.07, 6.45) is -0.827. The van der Waals surface area contributed by atoms with Crippen molar-refractivity contribution >= 4 is 0 Å². The third-order valence-electron chi connectivity index (χ3n) is 1.84. The Morgan fingerprint density at radius 1 is 1.23 bits per heavy atom. The molecule has 0 aliphatic heterocycles. The molecular formula is C9H13NO3. The summed E-state index contributed by atoms with van der Waals surface area (Å²) in [5, 5.41) is 27.6. The molecule has 0 aliphatic rings. The van der Waals surface area contributed by atoms with Gasteiger partial charge in [-0.15, -0.1) is 0 Å². The Labute approximate surface area is 76.2 Å². The van der Waals surface area contributed by atoms with Crippen LogP contribution in [0.3, 0.4) is 0 Å². The van der Waals surface area contributed by atoms with E-state index >= 15 is 0 Å². The molecule has 4 nitrogen and oxygen atoms in total. The van der Waals surface area contributed by atoms with Gasteiger partial charge < -0.3 is 21.1 Å². The smallest absolute Gasteiger partial charge is 0.157 e. The van der Waals surface area contributed by atoms with E-state index in [2.05, 4.69) is 0 Å². The molecule has 1 aromatic rings. The lowest BCUT2D eigenvalue weighted by molar-refractivity contribution is 0.153. The van der Waals surface area contributed by atoms with E-state index in [1.807, 2.05) is 0 Å². The highest BCUT2D eigenvalue weighted by Crippen LogP contribution is 2.28. The van der Waals surface area contributed by atoms with Gasteiger partial charge in [0, 0.05) is 6.04 Å². The normalized spacial score (nSPS) is 15.3. The Morgan fingerprint density at radius 3 is 2.31 bits per heavy atom. The van der Waals surface area contributed by atoms with Gasteiger partial charge in [0.05, 0.1) is 6.10 Å². The Bertz CT molecular complexity index is 299. The van der Waals surface area contributed by atoms with Gasteiger partial charge in [-0.25, -0.2) is 0 Å². The van der Waals surface area contributed by atoms with Gasteiger partial charge >= 0.3 is 0 Å². The summed E-state index contributed by atoms with van der Waals surface area (Å²) in [7, 11) is 0. The molecule has 1 aromatic carbocycles. The molecule has 72 valence electrons. The second-order valence-electron chi connectivity index (χ2n) is 3.05. The molecule has 0 fully saturated rings. The molecule has 1 unspecified atom stereocenters. The Kier molecular flexibility index (Phi) is 2.75. The SMILES string of the molecule is C[C@H](N)C(O)c1ccc(O)c(O)c1. The topological polar surface area (TPSA) is 86.7 Å². The second-order valence-corrected chi connectivity index (χ2v) is 3.05. The van der Waals surface area contributed by atoms with Crippen LogP contribution in [0.15, 0.2) is 18.2 Å². The van der Waals surface area contributed by atoms with Crippen molar-refractivity contribution in [3.63, 3.8) is 0 Å². The summed E-state index contributed by atoms with van der Waals surface area (Å²) in [4.78, 5) is 0. The number of hydrogen-bond donors (Lipinski definition) is 4. The molecule has 4 heteroatoms. The summed E-state index contributed by atoms with van der Waals surface area (Å²) in [5.41, 5.74) is 5.95. The maximum absolute atomic E-state index is 9.50. The molecule has 0 aliphatic carbocycles. The first kappa shape index (κ1) is 9.83. The average molecular weight is 183 g/mol. The second kappa shape index (κ2) is 3.64. The van der Waals surface area contributed by atoms with E-state index in [1.54, 1.807) is 6.92 Å². The minimum Gasteiger partial charge on any atom is -0.504 e. The number of hydrogen-bond acceptors (Lipinski definition) is 4. The molecule has 0 bridgehead atoms. The van der Waals surface area contributed by atoms with Crippen LogP contribution < -0.4 is 5.73 Å². The third kappa shape index (κ3) is 2.11. The number of aromatic hydroxyl groups is 2. The Balaban J connectivity index is 2.97. The van der Waals surface area contributed by atoms with Gasteiger partial charge in [-0.05, 0) is 24.6 Å². The fraction of sp³-hybridized carbons (Fsp3) is 0.333. The first-order chi connectivity index (χ1) is 6.02. The van der Waals surface area contributed by atoms with Gasteiger partial charge in [-0.2, -0.15) is 0 Å². The number of phenolic OH excluding ortho intramolecular Hbond substituents is 2. The van der Waals surface area contributed by atoms with E-state index < -0.39 is 12.1 Å². The average Bonchev–Trinajstić information content (AvgIpc) is 2.08. The van der Waals surface area contributed by atoms with Crippen molar-refractivity contribution in [2.45, 2.75) is 19.1 Å². The molecule has 0 heterocycles. The Hall–Kier alpha value is -1.26. The number of aliphatic hydroxyl groups excluding tert-OH is 1. The van der Waals surface area contributed by atoms with Crippen molar-refractivity contribution in [2.75, 3.05) is 0 Å². The molecule has 0 aromatic heterocycles. The minimum atomic E-state index is -0.827. The van der Waals surface area contributed by atoms with Crippen molar-refractivity contribution in [3.05, 3.63) is 23.8 Å². The zero-order valence-electron chi connectivity index (χ0n) is 7.31. The predicted molar refractivity (Wildman–Crippen MR) is 48.4 cm³/mol. The van der Waals surface area contributed by atoms with E-state index in [1.165, 1.54) is 18.2 Å². The Morgan fingerprint density at radius 2 is 1.85 bits per heavy atom. The van der Waals surface area contributed by atoms with Gasteiger partial charge in [-0.3, -0.25) is 0 Å². The van der Waals surface area contributed by atoms with Crippen LogP contribution in [0, 0.1) is 0 Å². The highest BCUT2D eigenvalue weighted by atomic mass is 16.3. The van der Waals surface area contributed by atoms with Gasteiger partial charge in [-0.1, -0.05) is 6.07 Å². The maximum Gasteiger partial charge on any atom is 0.157 e. The fourth-order valence-electron chi connectivity index (χ4n) is 1.03. The standard InChI is InChI=1S/C9H13NO3/c1-5(10)9(13)6-2-3-7(11)8(12)4-6/h2-5,9,11-13H,10H2,1H3/t5-,9?/m0/s1. The maximum atomic E-state index is 9.50. The molecule has 5 N–H and O–H groups in total. The summed E-state index contributed by atoms with van der Waals surface area (Å²) in [6.45, 7) is 1.66. The molecular weight excluding hydrogens is 170 g/mol. The number of aliphatic hydroxyl groups is 1. The molecule has 0 radical (unpaired) electrons. The lowest BCUT2D eigenvalue weighted by Gasteiger charge is -2.14. The summed E-state index contributed by atoms with van der Waals surface area (Å²) >= 11 is 0. The van der Waals surface area contributed by atoms with Gasteiger partial charge in [0.25, 0.3) is 0 Å². The predicted octanol–water partition coefficient (Wildman–Crippen LogP) is 0.478. The number of rotatable bonds is 2. The summed E-state index contributed by atoms with van der Waals surface area (Å²) in [5.74, 6) is -0.460. The highest BCUT2D eigenvalue weighted by molar-refractivity contribution is 5.41. The van der Waals surface area contributed by atoms with Crippen LogP contribution in [0.2, 0.25) is 0 Å². The van der Waals surface area contributed by atoms with Crippen LogP contribution >= 0.6 is 0 Å². The number of phenols is 2. The molecule has 0 saturated carbocycles. The first-order valence-corrected chi connectivity index (χ1v) is 3.98.